The molecule has 0 radical (unpaired) electrons. The van der Waals surface area contributed by atoms with Gasteiger partial charge >= 0.3 is 6.36 Å². The van der Waals surface area contributed by atoms with Gasteiger partial charge in [-0.05, 0) is 42.3 Å². The summed E-state index contributed by atoms with van der Waals surface area (Å²) in [5, 5.41) is 10.6. The third-order valence-electron chi connectivity index (χ3n) is 3.62. The van der Waals surface area contributed by atoms with Crippen molar-refractivity contribution in [2.45, 2.75) is 19.8 Å². The Morgan fingerprint density at radius 2 is 1.70 bits per heavy atom. The summed E-state index contributed by atoms with van der Waals surface area (Å²) >= 11 is 0. The van der Waals surface area contributed by atoms with Crippen LogP contribution in [0, 0.1) is 0 Å². The molecule has 1 aromatic heterocycles. The molecule has 6 heteroatoms. The van der Waals surface area contributed by atoms with E-state index in [-0.39, 0.29) is 11.5 Å². The lowest BCUT2D eigenvalue weighted by atomic mass is 10.0. The number of rotatable bonds is 3. The zero-order valence-corrected chi connectivity index (χ0v) is 12.3. The molecule has 0 atom stereocenters. The van der Waals surface area contributed by atoms with Crippen molar-refractivity contribution < 1.29 is 23.0 Å². The third-order valence-corrected chi connectivity index (χ3v) is 3.62. The van der Waals surface area contributed by atoms with E-state index in [1.807, 2.05) is 23.6 Å². The molecule has 3 nitrogen and oxygen atoms in total. The van der Waals surface area contributed by atoms with Crippen LogP contribution in [0.1, 0.15) is 6.92 Å². The molecule has 0 bridgehead atoms. The summed E-state index contributed by atoms with van der Waals surface area (Å²) in [5.41, 5.74) is 2.49. The van der Waals surface area contributed by atoms with Crippen molar-refractivity contribution in [2.75, 3.05) is 0 Å². The zero-order chi connectivity index (χ0) is 16.6. The second-order valence-electron chi connectivity index (χ2n) is 5.10. The molecule has 0 unspecified atom stereocenters. The van der Waals surface area contributed by atoms with Gasteiger partial charge in [0.05, 0.1) is 5.52 Å². The highest BCUT2D eigenvalue weighted by atomic mass is 19.4. The zero-order valence-electron chi connectivity index (χ0n) is 12.3. The van der Waals surface area contributed by atoms with Crippen LogP contribution in [0.5, 0.6) is 11.5 Å². The van der Waals surface area contributed by atoms with Crippen LogP contribution in [0.4, 0.5) is 13.2 Å². The van der Waals surface area contributed by atoms with Crippen LogP contribution in [0.2, 0.25) is 0 Å². The number of nitrogens with zero attached hydrogens (tertiary/aromatic N) is 1. The van der Waals surface area contributed by atoms with Crippen molar-refractivity contribution in [3.8, 4) is 22.6 Å². The first-order chi connectivity index (χ1) is 10.9. The third kappa shape index (κ3) is 3.11. The van der Waals surface area contributed by atoms with Crippen molar-refractivity contribution in [2.24, 2.45) is 0 Å². The molecule has 0 spiro atoms. The predicted molar refractivity (Wildman–Crippen MR) is 81.4 cm³/mol. The quantitative estimate of drug-likeness (QED) is 0.742. The molecule has 0 aliphatic heterocycles. The second-order valence-corrected chi connectivity index (χ2v) is 5.10. The monoisotopic (exact) mass is 321 g/mol. The van der Waals surface area contributed by atoms with Gasteiger partial charge in [0, 0.05) is 18.1 Å². The Bertz CT molecular complexity index is 835. The number of aromatic nitrogens is 1. The number of ether oxygens (including phenoxy) is 1. The molecular weight excluding hydrogens is 307 g/mol. The van der Waals surface area contributed by atoms with Gasteiger partial charge in [-0.25, -0.2) is 0 Å². The molecule has 23 heavy (non-hydrogen) atoms. The fourth-order valence-corrected chi connectivity index (χ4v) is 2.56. The highest BCUT2D eigenvalue weighted by Gasteiger charge is 2.30. The van der Waals surface area contributed by atoms with Crippen LogP contribution in [-0.2, 0) is 6.54 Å². The molecule has 2 aromatic carbocycles. The van der Waals surface area contributed by atoms with Crippen LogP contribution in [0.3, 0.4) is 0 Å². The fourth-order valence-electron chi connectivity index (χ4n) is 2.56. The van der Waals surface area contributed by atoms with E-state index in [0.29, 0.717) is 6.54 Å². The summed E-state index contributed by atoms with van der Waals surface area (Å²) in [6.07, 6.45) is -3.03. The normalized spacial score (nSPS) is 11.8. The first kappa shape index (κ1) is 15.3. The van der Waals surface area contributed by atoms with E-state index in [1.54, 1.807) is 24.4 Å². The standard InChI is InChI=1S/C17H14F3NO2/c1-2-21-10-16(22)14-8-5-12(9-15(14)21)11-3-6-13(7-4-11)23-17(18,19)20/h3-10,22H,2H2,1H3. The number of hydrogen-bond donors (Lipinski definition) is 1. The maximum absolute atomic E-state index is 12.2. The van der Waals surface area contributed by atoms with E-state index in [4.69, 9.17) is 0 Å². The van der Waals surface area contributed by atoms with Crippen molar-refractivity contribution in [3.63, 3.8) is 0 Å². The van der Waals surface area contributed by atoms with Crippen LogP contribution in [-0.4, -0.2) is 16.0 Å². The lowest BCUT2D eigenvalue weighted by Gasteiger charge is -2.09. The number of halogens is 3. The average molecular weight is 321 g/mol. The van der Waals surface area contributed by atoms with Crippen molar-refractivity contribution in [3.05, 3.63) is 48.7 Å². The van der Waals surface area contributed by atoms with E-state index in [9.17, 15) is 18.3 Å². The van der Waals surface area contributed by atoms with Gasteiger partial charge < -0.3 is 14.4 Å². The first-order valence-electron chi connectivity index (χ1n) is 7.05. The van der Waals surface area contributed by atoms with Crippen LogP contribution in [0.25, 0.3) is 22.0 Å². The molecule has 1 N–H and O–H groups in total. The summed E-state index contributed by atoms with van der Waals surface area (Å²) in [6.45, 7) is 2.67. The van der Waals surface area contributed by atoms with Gasteiger partial charge in [0.25, 0.3) is 0 Å². The number of benzene rings is 2. The minimum absolute atomic E-state index is 0.210. The van der Waals surface area contributed by atoms with E-state index >= 15 is 0 Å². The maximum atomic E-state index is 12.2. The average Bonchev–Trinajstić information content (AvgIpc) is 2.82. The molecule has 0 fully saturated rings. The molecule has 0 aliphatic rings. The predicted octanol–water partition coefficient (Wildman–Crippen LogP) is 4.93. The Balaban J connectivity index is 1.97. The topological polar surface area (TPSA) is 34.4 Å². The molecule has 120 valence electrons. The number of alkyl halides is 3. The van der Waals surface area contributed by atoms with Crippen molar-refractivity contribution in [1.29, 1.82) is 0 Å². The molecule has 0 saturated carbocycles. The van der Waals surface area contributed by atoms with Crippen LogP contribution >= 0.6 is 0 Å². The summed E-state index contributed by atoms with van der Waals surface area (Å²) in [5.74, 6) is -0.0424. The summed E-state index contributed by atoms with van der Waals surface area (Å²) in [6, 6.07) is 11.2. The maximum Gasteiger partial charge on any atom is 0.573 e. The number of hydrogen-bond acceptors (Lipinski definition) is 2. The summed E-state index contributed by atoms with van der Waals surface area (Å²) in [4.78, 5) is 0. The van der Waals surface area contributed by atoms with Gasteiger partial charge in [-0.15, -0.1) is 13.2 Å². The Kier molecular flexibility index (Phi) is 3.67. The van der Waals surface area contributed by atoms with Crippen molar-refractivity contribution >= 4 is 10.9 Å². The van der Waals surface area contributed by atoms with Crippen LogP contribution in [0.15, 0.2) is 48.7 Å². The summed E-state index contributed by atoms with van der Waals surface area (Å²) in [7, 11) is 0. The van der Waals surface area contributed by atoms with Gasteiger partial charge in [0.2, 0.25) is 0 Å². The largest absolute Gasteiger partial charge is 0.573 e. The van der Waals surface area contributed by atoms with Gasteiger partial charge in [-0.3, -0.25) is 0 Å². The van der Waals surface area contributed by atoms with Crippen molar-refractivity contribution in [1.82, 2.24) is 4.57 Å². The lowest BCUT2D eigenvalue weighted by Crippen LogP contribution is -2.16. The van der Waals surface area contributed by atoms with Gasteiger partial charge in [0.1, 0.15) is 11.5 Å². The molecule has 3 aromatic rings. The Labute approximate surface area is 130 Å². The molecule has 3 rings (SSSR count). The highest BCUT2D eigenvalue weighted by molar-refractivity contribution is 5.90. The van der Waals surface area contributed by atoms with Crippen LogP contribution < -0.4 is 4.74 Å². The van der Waals surface area contributed by atoms with E-state index in [2.05, 4.69) is 4.74 Å². The fraction of sp³-hybridized carbons (Fsp3) is 0.176. The van der Waals surface area contributed by atoms with E-state index in [0.717, 1.165) is 22.0 Å². The molecular formula is C17H14F3NO2. The second kappa shape index (κ2) is 5.53. The Hall–Kier alpha value is -2.63. The minimum Gasteiger partial charge on any atom is -0.506 e. The number of fused-ring (bicyclic) bond motifs is 1. The number of aryl methyl sites for hydroxylation is 1. The smallest absolute Gasteiger partial charge is 0.506 e. The van der Waals surface area contributed by atoms with E-state index < -0.39 is 6.36 Å². The first-order valence-corrected chi connectivity index (χ1v) is 7.05. The molecule has 0 aliphatic carbocycles. The SMILES string of the molecule is CCn1cc(O)c2ccc(-c3ccc(OC(F)(F)F)cc3)cc21. The van der Waals surface area contributed by atoms with Gasteiger partial charge in [0.15, 0.2) is 0 Å². The summed E-state index contributed by atoms with van der Waals surface area (Å²) < 4.78 is 42.3. The molecule has 0 saturated heterocycles. The van der Waals surface area contributed by atoms with E-state index in [1.165, 1.54) is 12.1 Å². The molecule has 0 amide bonds. The van der Waals surface area contributed by atoms with Gasteiger partial charge in [-0.2, -0.15) is 0 Å². The molecule has 1 heterocycles. The Morgan fingerprint density at radius 1 is 1.04 bits per heavy atom. The Morgan fingerprint density at radius 3 is 2.30 bits per heavy atom. The van der Waals surface area contributed by atoms with Gasteiger partial charge in [-0.1, -0.05) is 18.2 Å². The minimum atomic E-state index is -4.69. The highest BCUT2D eigenvalue weighted by Crippen LogP contribution is 2.32. The lowest BCUT2D eigenvalue weighted by molar-refractivity contribution is -0.274. The number of aromatic hydroxyl groups is 1.